The van der Waals surface area contributed by atoms with E-state index in [0.29, 0.717) is 12.2 Å². The number of aromatic nitrogens is 1. The number of fused-ring (bicyclic) bond motifs is 2. The minimum Gasteiger partial charge on any atom is -0.460 e. The summed E-state index contributed by atoms with van der Waals surface area (Å²) in [6.07, 6.45) is 2.37. The number of nitrogens with zero attached hydrogens (tertiary/aromatic N) is 1. The van der Waals surface area contributed by atoms with Crippen LogP contribution < -0.4 is 5.32 Å². The number of furan rings is 1. The fourth-order valence-corrected chi connectivity index (χ4v) is 4.71. The van der Waals surface area contributed by atoms with Crippen molar-refractivity contribution in [2.75, 3.05) is 13.1 Å². The van der Waals surface area contributed by atoms with Crippen molar-refractivity contribution in [1.82, 2.24) is 15.2 Å². The molecule has 2 aliphatic heterocycles. The maximum atomic E-state index is 12.6. The molecule has 0 unspecified atom stereocenters. The molecular formula is C21H23N3O2. The number of hydrogen-bond acceptors (Lipinski definition) is 3. The average Bonchev–Trinajstić information content (AvgIpc) is 3.30. The standard InChI is InChI=1S/C21H23N3O2/c1-14-7-17-19(26-14)8-18(23-17)20(25)22-13-21-9-16(10-21)12-24(21)11-15-5-3-2-4-6-15/h2-8,16,23H,9-13H2,1H3,(H,22,25). The highest BCUT2D eigenvalue weighted by Gasteiger charge is 2.55. The summed E-state index contributed by atoms with van der Waals surface area (Å²) in [6, 6.07) is 14.3. The SMILES string of the molecule is Cc1cc2[nH]c(C(=O)NCC34CC(CN3Cc3ccccc3)C4)cc2o1. The quantitative estimate of drug-likeness (QED) is 0.741. The van der Waals surface area contributed by atoms with E-state index in [9.17, 15) is 4.79 Å². The molecule has 5 nitrogen and oxygen atoms in total. The van der Waals surface area contributed by atoms with E-state index in [0.717, 1.165) is 35.9 Å². The lowest BCUT2D eigenvalue weighted by Gasteiger charge is -2.42. The zero-order chi connectivity index (χ0) is 17.7. The summed E-state index contributed by atoms with van der Waals surface area (Å²) >= 11 is 0. The lowest BCUT2D eigenvalue weighted by Crippen LogP contribution is -2.53. The highest BCUT2D eigenvalue weighted by Crippen LogP contribution is 2.50. The Morgan fingerprint density at radius 2 is 2.12 bits per heavy atom. The van der Waals surface area contributed by atoms with Gasteiger partial charge in [-0.3, -0.25) is 9.69 Å². The third-order valence-corrected chi connectivity index (χ3v) is 5.95. The van der Waals surface area contributed by atoms with Gasteiger partial charge in [-0.05, 0) is 31.2 Å². The van der Waals surface area contributed by atoms with Crippen molar-refractivity contribution < 1.29 is 9.21 Å². The number of nitrogens with one attached hydrogen (secondary N) is 2. The summed E-state index contributed by atoms with van der Waals surface area (Å²) in [5, 5.41) is 3.15. The lowest BCUT2D eigenvalue weighted by atomic mass is 9.73. The Morgan fingerprint density at radius 3 is 2.88 bits per heavy atom. The first-order chi connectivity index (χ1) is 12.6. The van der Waals surface area contributed by atoms with E-state index in [1.54, 1.807) is 6.07 Å². The van der Waals surface area contributed by atoms with Crippen LogP contribution in [0.5, 0.6) is 0 Å². The van der Waals surface area contributed by atoms with Crippen molar-refractivity contribution in [3.63, 3.8) is 0 Å². The Balaban J connectivity index is 1.26. The number of hydrogen-bond donors (Lipinski definition) is 2. The van der Waals surface area contributed by atoms with Crippen molar-refractivity contribution in [3.8, 4) is 0 Å². The van der Waals surface area contributed by atoms with Gasteiger partial charge in [0.15, 0.2) is 5.58 Å². The summed E-state index contributed by atoms with van der Waals surface area (Å²) in [5.74, 6) is 1.57. The number of carbonyl (C=O) groups is 1. The number of aryl methyl sites for hydroxylation is 1. The lowest BCUT2D eigenvalue weighted by molar-refractivity contribution is 0.0795. The third kappa shape index (κ3) is 2.54. The Labute approximate surface area is 152 Å². The maximum Gasteiger partial charge on any atom is 0.267 e. The van der Waals surface area contributed by atoms with Gasteiger partial charge in [0.1, 0.15) is 11.5 Å². The summed E-state index contributed by atoms with van der Waals surface area (Å²) < 4.78 is 5.57. The second kappa shape index (κ2) is 5.74. The van der Waals surface area contributed by atoms with Crippen LogP contribution in [0.25, 0.3) is 11.1 Å². The number of aromatic amines is 1. The van der Waals surface area contributed by atoms with Gasteiger partial charge in [-0.15, -0.1) is 0 Å². The fraction of sp³-hybridized carbons (Fsp3) is 0.381. The molecule has 26 heavy (non-hydrogen) atoms. The molecule has 3 aromatic rings. The molecule has 3 aliphatic rings. The molecule has 1 aromatic carbocycles. The van der Waals surface area contributed by atoms with Crippen LogP contribution in [0.1, 0.15) is 34.7 Å². The second-order valence-corrected chi connectivity index (χ2v) is 7.87. The first-order valence-corrected chi connectivity index (χ1v) is 9.28. The van der Waals surface area contributed by atoms with Crippen molar-refractivity contribution in [3.05, 3.63) is 59.5 Å². The zero-order valence-electron chi connectivity index (χ0n) is 14.9. The van der Waals surface area contributed by atoms with E-state index in [1.807, 2.05) is 13.0 Å². The number of carbonyl (C=O) groups excluding carboxylic acids is 1. The van der Waals surface area contributed by atoms with Crippen LogP contribution in [-0.2, 0) is 6.54 Å². The molecule has 0 radical (unpaired) electrons. The largest absolute Gasteiger partial charge is 0.460 e. The number of benzene rings is 1. The van der Waals surface area contributed by atoms with Gasteiger partial charge in [0.05, 0.1) is 5.52 Å². The van der Waals surface area contributed by atoms with Gasteiger partial charge < -0.3 is 14.7 Å². The smallest absolute Gasteiger partial charge is 0.267 e. The minimum absolute atomic E-state index is 0.0570. The first kappa shape index (κ1) is 15.7. The van der Waals surface area contributed by atoms with Crippen LogP contribution in [0, 0.1) is 12.8 Å². The molecule has 134 valence electrons. The minimum atomic E-state index is -0.0570. The molecule has 1 amide bonds. The van der Waals surface area contributed by atoms with Gasteiger partial charge >= 0.3 is 0 Å². The summed E-state index contributed by atoms with van der Waals surface area (Å²) in [7, 11) is 0. The summed E-state index contributed by atoms with van der Waals surface area (Å²) in [5.41, 5.74) is 3.64. The van der Waals surface area contributed by atoms with Crippen LogP contribution in [0.3, 0.4) is 0 Å². The zero-order valence-corrected chi connectivity index (χ0v) is 14.9. The van der Waals surface area contributed by atoms with E-state index in [4.69, 9.17) is 4.42 Å². The predicted molar refractivity (Wildman–Crippen MR) is 99.9 cm³/mol. The highest BCUT2D eigenvalue weighted by molar-refractivity contribution is 5.96. The fourth-order valence-electron chi connectivity index (χ4n) is 4.71. The van der Waals surface area contributed by atoms with Crippen LogP contribution in [0.4, 0.5) is 0 Å². The Morgan fingerprint density at radius 1 is 1.31 bits per heavy atom. The van der Waals surface area contributed by atoms with Crippen LogP contribution in [-0.4, -0.2) is 34.4 Å². The van der Waals surface area contributed by atoms with Crippen LogP contribution >= 0.6 is 0 Å². The third-order valence-electron chi connectivity index (χ3n) is 5.95. The van der Waals surface area contributed by atoms with E-state index in [-0.39, 0.29) is 11.4 Å². The second-order valence-electron chi connectivity index (χ2n) is 7.87. The van der Waals surface area contributed by atoms with E-state index < -0.39 is 0 Å². The van der Waals surface area contributed by atoms with E-state index >= 15 is 0 Å². The van der Waals surface area contributed by atoms with Gasteiger partial charge in [-0.1, -0.05) is 30.3 Å². The Hall–Kier alpha value is -2.53. The molecule has 5 heteroatoms. The molecule has 6 rings (SSSR count). The van der Waals surface area contributed by atoms with Crippen molar-refractivity contribution in [2.45, 2.75) is 31.8 Å². The van der Waals surface area contributed by atoms with Gasteiger partial charge in [-0.25, -0.2) is 0 Å². The molecule has 2 aromatic heterocycles. The van der Waals surface area contributed by atoms with Crippen molar-refractivity contribution >= 4 is 17.0 Å². The molecule has 1 saturated carbocycles. The Kier molecular flexibility index (Phi) is 3.47. The van der Waals surface area contributed by atoms with Gasteiger partial charge in [-0.2, -0.15) is 0 Å². The molecule has 4 heterocycles. The van der Waals surface area contributed by atoms with Gasteiger partial charge in [0.2, 0.25) is 0 Å². The van der Waals surface area contributed by atoms with Crippen molar-refractivity contribution in [1.29, 1.82) is 0 Å². The first-order valence-electron chi connectivity index (χ1n) is 9.28. The number of amides is 1. The number of H-pyrrole nitrogens is 1. The highest BCUT2D eigenvalue weighted by atomic mass is 16.3. The molecule has 1 aliphatic carbocycles. The molecule has 0 atom stereocenters. The summed E-state index contributed by atoms with van der Waals surface area (Å²) in [6.45, 7) is 4.71. The van der Waals surface area contributed by atoms with E-state index in [2.05, 4.69) is 45.5 Å². The molecule has 2 saturated heterocycles. The summed E-state index contributed by atoms with van der Waals surface area (Å²) in [4.78, 5) is 18.3. The molecule has 2 bridgehead atoms. The van der Waals surface area contributed by atoms with Gasteiger partial charge in [0.25, 0.3) is 5.91 Å². The molecule has 0 spiro atoms. The van der Waals surface area contributed by atoms with Crippen molar-refractivity contribution in [2.24, 2.45) is 5.92 Å². The van der Waals surface area contributed by atoms with Crippen LogP contribution in [0.15, 0.2) is 46.9 Å². The molecule has 3 fully saturated rings. The van der Waals surface area contributed by atoms with Crippen LogP contribution in [0.2, 0.25) is 0 Å². The van der Waals surface area contributed by atoms with Gasteiger partial charge in [0, 0.05) is 37.3 Å². The average molecular weight is 349 g/mol. The predicted octanol–water partition coefficient (Wildman–Crippen LogP) is 3.46. The topological polar surface area (TPSA) is 61.3 Å². The monoisotopic (exact) mass is 349 g/mol. The maximum absolute atomic E-state index is 12.6. The van der Waals surface area contributed by atoms with E-state index in [1.165, 1.54) is 18.4 Å². The molecule has 2 N–H and O–H groups in total. The Bertz CT molecular complexity index is 919. The number of rotatable bonds is 5. The molecular weight excluding hydrogens is 326 g/mol. The normalized spacial score (nSPS) is 24.7.